The van der Waals surface area contributed by atoms with Gasteiger partial charge >= 0.3 is 6.03 Å². The Labute approximate surface area is 167 Å². The lowest BCUT2D eigenvalue weighted by atomic mass is 10.1. The summed E-state index contributed by atoms with van der Waals surface area (Å²) in [6.07, 6.45) is 3.10. The van der Waals surface area contributed by atoms with Gasteiger partial charge in [-0.3, -0.25) is 4.79 Å². The molecule has 0 spiro atoms. The van der Waals surface area contributed by atoms with Crippen LogP contribution in [0.25, 0.3) is 0 Å². The summed E-state index contributed by atoms with van der Waals surface area (Å²) in [5.74, 6) is 0.425. The molecule has 0 saturated carbocycles. The molecule has 2 aromatic carbocycles. The van der Waals surface area contributed by atoms with Gasteiger partial charge < -0.3 is 25.2 Å². The van der Waals surface area contributed by atoms with Crippen molar-refractivity contribution in [2.24, 2.45) is 5.16 Å². The van der Waals surface area contributed by atoms with Crippen LogP contribution in [0.15, 0.2) is 76.5 Å². The molecular formula is C21H20N4O4. The molecule has 0 aliphatic carbocycles. The van der Waals surface area contributed by atoms with Crippen molar-refractivity contribution in [2.45, 2.75) is 6.54 Å². The summed E-state index contributed by atoms with van der Waals surface area (Å²) >= 11 is 0. The van der Waals surface area contributed by atoms with Crippen LogP contribution in [-0.4, -0.2) is 25.3 Å². The molecule has 1 aromatic heterocycles. The fraction of sp³-hybridized carbons (Fsp3) is 0.0952. The van der Waals surface area contributed by atoms with E-state index in [0.717, 1.165) is 5.56 Å². The molecule has 3 amide bonds. The van der Waals surface area contributed by atoms with Crippen molar-refractivity contribution in [3.05, 3.63) is 83.8 Å². The molecule has 3 rings (SSSR count). The third-order valence-electron chi connectivity index (χ3n) is 3.88. The van der Waals surface area contributed by atoms with Gasteiger partial charge in [-0.25, -0.2) is 4.79 Å². The summed E-state index contributed by atoms with van der Waals surface area (Å²) < 4.78 is 5.15. The van der Waals surface area contributed by atoms with Crippen LogP contribution < -0.4 is 16.0 Å². The Morgan fingerprint density at radius 1 is 1.00 bits per heavy atom. The predicted octanol–water partition coefficient (Wildman–Crippen LogP) is 3.83. The van der Waals surface area contributed by atoms with Crippen LogP contribution in [0.4, 0.5) is 16.2 Å². The van der Waals surface area contributed by atoms with Crippen LogP contribution >= 0.6 is 0 Å². The molecule has 0 aliphatic rings. The number of anilines is 2. The van der Waals surface area contributed by atoms with Gasteiger partial charge in [-0.15, -0.1) is 0 Å². The molecule has 3 N–H and O–H groups in total. The number of furan rings is 1. The number of carbonyl (C=O) groups is 2. The Bertz CT molecular complexity index is 965. The molecule has 29 heavy (non-hydrogen) atoms. The number of nitrogens with zero attached hydrogens (tertiary/aromatic N) is 1. The molecule has 0 atom stereocenters. The summed E-state index contributed by atoms with van der Waals surface area (Å²) in [5, 5.41) is 11.9. The molecule has 8 heteroatoms. The first-order valence-corrected chi connectivity index (χ1v) is 8.79. The minimum absolute atomic E-state index is 0.239. The predicted molar refractivity (Wildman–Crippen MR) is 110 cm³/mol. The third-order valence-corrected chi connectivity index (χ3v) is 3.88. The molecular weight excluding hydrogens is 372 g/mol. The fourth-order valence-corrected chi connectivity index (χ4v) is 2.43. The lowest BCUT2D eigenvalue weighted by Gasteiger charge is -2.09. The molecule has 0 fully saturated rings. The molecule has 0 unspecified atom stereocenters. The van der Waals surface area contributed by atoms with Gasteiger partial charge in [0, 0.05) is 16.9 Å². The zero-order chi connectivity index (χ0) is 20.5. The third kappa shape index (κ3) is 5.96. The highest BCUT2D eigenvalue weighted by Crippen LogP contribution is 2.15. The largest absolute Gasteiger partial charge is 0.467 e. The summed E-state index contributed by atoms with van der Waals surface area (Å²) in [5.41, 5.74) is 2.55. The van der Waals surface area contributed by atoms with E-state index < -0.39 is 0 Å². The summed E-state index contributed by atoms with van der Waals surface area (Å²) in [7, 11) is 1.46. The number of nitrogens with one attached hydrogen (secondary N) is 3. The average molecular weight is 392 g/mol. The molecule has 8 nitrogen and oxygen atoms in total. The first-order chi connectivity index (χ1) is 14.1. The number of rotatable bonds is 7. The highest BCUT2D eigenvalue weighted by Gasteiger charge is 2.07. The van der Waals surface area contributed by atoms with Crippen molar-refractivity contribution in [2.75, 3.05) is 17.7 Å². The van der Waals surface area contributed by atoms with E-state index in [1.165, 1.54) is 7.11 Å². The number of urea groups is 1. The van der Waals surface area contributed by atoms with E-state index >= 15 is 0 Å². The van der Waals surface area contributed by atoms with Gasteiger partial charge in [0.15, 0.2) is 0 Å². The zero-order valence-electron chi connectivity index (χ0n) is 15.7. The van der Waals surface area contributed by atoms with Crippen molar-refractivity contribution >= 4 is 29.5 Å². The molecule has 0 radical (unpaired) electrons. The maximum Gasteiger partial charge on any atom is 0.319 e. The zero-order valence-corrected chi connectivity index (χ0v) is 15.7. The van der Waals surface area contributed by atoms with Gasteiger partial charge in [-0.2, -0.15) is 0 Å². The SMILES string of the molecule is CO/N=C/c1ccc(C(=O)Nc2ccc(NC(=O)NCc3ccco3)cc2)cc1. The standard InChI is InChI=1S/C21H20N4O4/c1-28-23-13-15-4-6-16(7-5-15)20(26)24-17-8-10-18(11-9-17)25-21(27)22-14-19-3-2-12-29-19/h2-13H,14H2,1H3,(H,24,26)(H2,22,25,27)/b23-13+. The maximum atomic E-state index is 12.3. The van der Waals surface area contributed by atoms with Crippen molar-refractivity contribution in [3.63, 3.8) is 0 Å². The van der Waals surface area contributed by atoms with E-state index in [1.807, 2.05) is 0 Å². The minimum atomic E-state index is -0.352. The topological polar surface area (TPSA) is 105 Å². The van der Waals surface area contributed by atoms with Crippen LogP contribution in [-0.2, 0) is 11.4 Å². The normalized spacial score (nSPS) is 10.5. The molecule has 3 aromatic rings. The molecule has 1 heterocycles. The Morgan fingerprint density at radius 2 is 1.69 bits per heavy atom. The number of hydrogen-bond acceptors (Lipinski definition) is 5. The Balaban J connectivity index is 1.51. The summed E-state index contributed by atoms with van der Waals surface area (Å²) in [6, 6.07) is 16.9. The number of hydrogen-bond donors (Lipinski definition) is 3. The van der Waals surface area contributed by atoms with Gasteiger partial charge in [0.1, 0.15) is 12.9 Å². The van der Waals surface area contributed by atoms with Gasteiger partial charge in [-0.05, 0) is 54.1 Å². The maximum absolute atomic E-state index is 12.3. The summed E-state index contributed by atoms with van der Waals surface area (Å²) in [4.78, 5) is 28.9. The van der Waals surface area contributed by atoms with Crippen LogP contribution in [0.2, 0.25) is 0 Å². The van der Waals surface area contributed by atoms with E-state index in [1.54, 1.807) is 73.1 Å². The second-order valence-electron chi connectivity index (χ2n) is 5.96. The quantitative estimate of drug-likeness (QED) is 0.420. The molecule has 148 valence electrons. The van der Waals surface area contributed by atoms with E-state index in [-0.39, 0.29) is 11.9 Å². The first-order valence-electron chi connectivity index (χ1n) is 8.79. The van der Waals surface area contributed by atoms with Crippen LogP contribution in [0, 0.1) is 0 Å². The van der Waals surface area contributed by atoms with Crippen molar-refractivity contribution in [1.82, 2.24) is 5.32 Å². The van der Waals surface area contributed by atoms with Crippen LogP contribution in [0.5, 0.6) is 0 Å². The van der Waals surface area contributed by atoms with Crippen molar-refractivity contribution < 1.29 is 18.8 Å². The Morgan fingerprint density at radius 3 is 2.31 bits per heavy atom. The molecule has 0 saturated heterocycles. The number of oxime groups is 1. The average Bonchev–Trinajstić information content (AvgIpc) is 3.26. The fourth-order valence-electron chi connectivity index (χ4n) is 2.43. The van der Waals surface area contributed by atoms with Gasteiger partial charge in [0.2, 0.25) is 0 Å². The van der Waals surface area contributed by atoms with E-state index in [9.17, 15) is 9.59 Å². The van der Waals surface area contributed by atoms with Gasteiger partial charge in [-0.1, -0.05) is 17.3 Å². The van der Waals surface area contributed by atoms with Gasteiger partial charge in [0.05, 0.1) is 19.0 Å². The molecule has 0 bridgehead atoms. The second kappa shape index (κ2) is 9.75. The molecule has 0 aliphatic heterocycles. The lowest BCUT2D eigenvalue weighted by Crippen LogP contribution is -2.27. The minimum Gasteiger partial charge on any atom is -0.467 e. The number of amides is 3. The van der Waals surface area contributed by atoms with E-state index in [4.69, 9.17) is 4.42 Å². The second-order valence-corrected chi connectivity index (χ2v) is 5.96. The lowest BCUT2D eigenvalue weighted by molar-refractivity contribution is 0.102. The highest BCUT2D eigenvalue weighted by molar-refractivity contribution is 6.04. The monoisotopic (exact) mass is 392 g/mol. The Kier molecular flexibility index (Phi) is 6.62. The smallest absolute Gasteiger partial charge is 0.319 e. The Hall–Kier alpha value is -4.07. The van der Waals surface area contributed by atoms with E-state index in [0.29, 0.717) is 29.2 Å². The van der Waals surface area contributed by atoms with Crippen LogP contribution in [0.3, 0.4) is 0 Å². The van der Waals surface area contributed by atoms with Crippen LogP contribution in [0.1, 0.15) is 21.7 Å². The number of benzene rings is 2. The summed E-state index contributed by atoms with van der Waals surface area (Å²) in [6.45, 7) is 0.295. The number of carbonyl (C=O) groups excluding carboxylic acids is 2. The van der Waals surface area contributed by atoms with Gasteiger partial charge in [0.25, 0.3) is 5.91 Å². The first kappa shape index (κ1) is 19.7. The van der Waals surface area contributed by atoms with Crippen molar-refractivity contribution in [3.8, 4) is 0 Å². The van der Waals surface area contributed by atoms with E-state index in [2.05, 4.69) is 25.9 Å². The van der Waals surface area contributed by atoms with Crippen molar-refractivity contribution in [1.29, 1.82) is 0 Å². The highest BCUT2D eigenvalue weighted by atomic mass is 16.6.